The maximum absolute atomic E-state index is 13.1. The molecule has 5 heterocycles. The van der Waals surface area contributed by atoms with E-state index in [4.69, 9.17) is 4.98 Å². The number of benzene rings is 1. The lowest BCUT2D eigenvalue weighted by molar-refractivity contribution is -0.134. The number of carbonyl (C=O) groups excluding carboxylic acids is 2. The van der Waals surface area contributed by atoms with Gasteiger partial charge in [-0.2, -0.15) is 16.9 Å². The van der Waals surface area contributed by atoms with Crippen LogP contribution in [0.15, 0.2) is 36.7 Å². The van der Waals surface area contributed by atoms with E-state index < -0.39 is 0 Å². The minimum Gasteiger partial charge on any atom is -0.359 e. The van der Waals surface area contributed by atoms with Crippen LogP contribution in [0.3, 0.4) is 0 Å². The number of nitrogens with one attached hydrogen (secondary N) is 3. The van der Waals surface area contributed by atoms with E-state index >= 15 is 0 Å². The van der Waals surface area contributed by atoms with Gasteiger partial charge in [0.25, 0.3) is 0 Å². The van der Waals surface area contributed by atoms with E-state index in [1.54, 1.807) is 10.9 Å². The van der Waals surface area contributed by atoms with Crippen molar-refractivity contribution in [2.45, 2.75) is 20.3 Å². The molecular formula is C29H35N9O2S. The van der Waals surface area contributed by atoms with Crippen LogP contribution in [0, 0.1) is 19.8 Å². The molecule has 6 rings (SSSR count). The van der Waals surface area contributed by atoms with Gasteiger partial charge < -0.3 is 20.5 Å². The number of hydrogen-bond acceptors (Lipinski definition) is 8. The molecule has 12 heteroatoms. The number of aromatic nitrogens is 5. The average Bonchev–Trinajstić information content (AvgIpc) is 3.69. The molecule has 3 N–H and O–H groups in total. The zero-order valence-corrected chi connectivity index (χ0v) is 24.4. The molecule has 0 aliphatic carbocycles. The molecule has 2 fully saturated rings. The van der Waals surface area contributed by atoms with Crippen molar-refractivity contribution in [3.8, 4) is 11.3 Å². The van der Waals surface area contributed by atoms with Gasteiger partial charge in [0.05, 0.1) is 29.4 Å². The summed E-state index contributed by atoms with van der Waals surface area (Å²) in [7, 11) is 1.89. The first kappa shape index (κ1) is 27.3. The molecule has 2 aliphatic heterocycles. The Labute approximate surface area is 243 Å². The second kappa shape index (κ2) is 11.5. The Bertz CT molecular complexity index is 1570. The van der Waals surface area contributed by atoms with Crippen LogP contribution in [0.5, 0.6) is 0 Å². The maximum atomic E-state index is 13.1. The molecular weight excluding hydrogens is 538 g/mol. The van der Waals surface area contributed by atoms with Crippen LogP contribution in [0.4, 0.5) is 17.5 Å². The van der Waals surface area contributed by atoms with Gasteiger partial charge in [-0.05, 0) is 38.4 Å². The highest BCUT2D eigenvalue weighted by Crippen LogP contribution is 2.33. The Morgan fingerprint density at radius 2 is 2.00 bits per heavy atom. The third-order valence-corrected chi connectivity index (χ3v) is 8.82. The Morgan fingerprint density at radius 3 is 2.78 bits per heavy atom. The van der Waals surface area contributed by atoms with Crippen LogP contribution < -0.4 is 10.6 Å². The molecule has 1 aromatic carbocycles. The molecule has 2 saturated heterocycles. The van der Waals surface area contributed by atoms with Crippen LogP contribution in [0.2, 0.25) is 0 Å². The number of H-pyrrole nitrogens is 1. The topological polar surface area (TPSA) is 124 Å². The molecule has 4 aromatic rings. The molecule has 2 aliphatic rings. The molecule has 1 unspecified atom stereocenters. The highest BCUT2D eigenvalue weighted by Gasteiger charge is 2.32. The maximum Gasteiger partial charge on any atom is 0.238 e. The molecule has 2 amide bonds. The van der Waals surface area contributed by atoms with Gasteiger partial charge in [-0.1, -0.05) is 12.1 Å². The van der Waals surface area contributed by atoms with Gasteiger partial charge in [0, 0.05) is 73.3 Å². The van der Waals surface area contributed by atoms with Crippen LogP contribution in [0.25, 0.3) is 22.2 Å². The molecule has 3 aromatic heterocycles. The third-order valence-electron chi connectivity index (χ3n) is 7.88. The van der Waals surface area contributed by atoms with E-state index in [1.807, 2.05) is 68.0 Å². The number of anilines is 3. The second-order valence-corrected chi connectivity index (χ2v) is 12.0. The summed E-state index contributed by atoms with van der Waals surface area (Å²) in [5, 5.41) is 11.7. The number of rotatable bonds is 7. The summed E-state index contributed by atoms with van der Waals surface area (Å²) in [5.74, 6) is 3.30. The lowest BCUT2D eigenvalue weighted by atomic mass is 10.1. The zero-order valence-electron chi connectivity index (χ0n) is 23.6. The van der Waals surface area contributed by atoms with Gasteiger partial charge in [0.1, 0.15) is 0 Å². The van der Waals surface area contributed by atoms with Gasteiger partial charge in [-0.15, -0.1) is 0 Å². The van der Waals surface area contributed by atoms with E-state index in [-0.39, 0.29) is 24.3 Å². The van der Waals surface area contributed by atoms with Crippen molar-refractivity contribution in [1.29, 1.82) is 0 Å². The third kappa shape index (κ3) is 5.80. The molecule has 41 heavy (non-hydrogen) atoms. The van der Waals surface area contributed by atoms with Crippen molar-refractivity contribution in [3.05, 3.63) is 47.9 Å². The van der Waals surface area contributed by atoms with E-state index in [2.05, 4.69) is 30.6 Å². The van der Waals surface area contributed by atoms with E-state index in [0.29, 0.717) is 24.0 Å². The van der Waals surface area contributed by atoms with E-state index in [0.717, 1.165) is 71.0 Å². The van der Waals surface area contributed by atoms with Crippen molar-refractivity contribution in [3.63, 3.8) is 0 Å². The number of aromatic amines is 1. The SMILES string of the molecule is Cc1cnc(Nc2cc(C)n(C)n2)nc1-c1c[nH]c2c(NC(=O)CN3CCC(C(=O)N4CCSCC4)C3)cccc12. The summed E-state index contributed by atoms with van der Waals surface area (Å²) in [4.78, 5) is 42.6. The number of amides is 2. The molecule has 0 spiro atoms. The van der Waals surface area contributed by atoms with Crippen molar-refractivity contribution in [2.75, 3.05) is 54.9 Å². The summed E-state index contributed by atoms with van der Waals surface area (Å²) in [5.41, 5.74) is 5.23. The van der Waals surface area contributed by atoms with Crippen molar-refractivity contribution < 1.29 is 9.59 Å². The highest BCUT2D eigenvalue weighted by atomic mass is 32.2. The predicted molar refractivity (Wildman–Crippen MR) is 162 cm³/mol. The van der Waals surface area contributed by atoms with Gasteiger partial charge in [-0.3, -0.25) is 19.2 Å². The standard InChI is InChI=1S/C29H35N9O2S/c1-18-14-31-29(33-24-13-19(2)36(3)35-24)34-26(18)22-15-30-27-21(22)5-4-6-23(27)32-25(39)17-37-8-7-20(16-37)28(40)38-9-11-41-12-10-38/h4-6,13-15,20,30H,7-12,16-17H2,1-3H3,(H,32,39)(H,31,33,34,35). The number of hydrogen-bond donors (Lipinski definition) is 3. The molecule has 1 atom stereocenters. The highest BCUT2D eigenvalue weighted by molar-refractivity contribution is 7.99. The van der Waals surface area contributed by atoms with Gasteiger partial charge in [0.15, 0.2) is 5.82 Å². The largest absolute Gasteiger partial charge is 0.359 e. The number of fused-ring (bicyclic) bond motifs is 1. The Balaban J connectivity index is 1.14. The fourth-order valence-electron chi connectivity index (χ4n) is 5.58. The summed E-state index contributed by atoms with van der Waals surface area (Å²) in [6, 6.07) is 7.79. The molecule has 0 saturated carbocycles. The molecule has 214 valence electrons. The van der Waals surface area contributed by atoms with Crippen molar-refractivity contribution in [1.82, 2.24) is 34.5 Å². The normalized spacial score (nSPS) is 17.7. The smallest absolute Gasteiger partial charge is 0.238 e. The van der Waals surface area contributed by atoms with Gasteiger partial charge in [0.2, 0.25) is 17.8 Å². The fourth-order valence-corrected chi connectivity index (χ4v) is 6.48. The van der Waals surface area contributed by atoms with E-state index in [1.165, 1.54) is 0 Å². The van der Waals surface area contributed by atoms with E-state index in [9.17, 15) is 9.59 Å². The number of carbonyl (C=O) groups is 2. The van der Waals surface area contributed by atoms with Gasteiger partial charge in [-0.25, -0.2) is 9.97 Å². The Morgan fingerprint density at radius 1 is 1.17 bits per heavy atom. The molecule has 0 bridgehead atoms. The molecule has 0 radical (unpaired) electrons. The van der Waals surface area contributed by atoms with Crippen LogP contribution in [-0.2, 0) is 16.6 Å². The first-order valence-corrected chi connectivity index (χ1v) is 15.1. The second-order valence-electron chi connectivity index (χ2n) is 10.8. The number of para-hydroxylation sites is 1. The van der Waals surface area contributed by atoms with Gasteiger partial charge >= 0.3 is 0 Å². The Hall–Kier alpha value is -3.90. The number of nitrogens with zero attached hydrogens (tertiary/aromatic N) is 6. The molecule has 11 nitrogen and oxygen atoms in total. The predicted octanol–water partition coefficient (Wildman–Crippen LogP) is 3.55. The minimum absolute atomic E-state index is 0.0162. The lowest BCUT2D eigenvalue weighted by Crippen LogP contribution is -2.42. The quantitative estimate of drug-likeness (QED) is 0.307. The van der Waals surface area contributed by atoms with Crippen LogP contribution >= 0.6 is 11.8 Å². The summed E-state index contributed by atoms with van der Waals surface area (Å²) >= 11 is 1.90. The average molecular weight is 574 g/mol. The number of aryl methyl sites for hydroxylation is 3. The zero-order chi connectivity index (χ0) is 28.5. The number of thioether (sulfide) groups is 1. The summed E-state index contributed by atoms with van der Waals surface area (Å²) in [6.45, 7) is 7.28. The van der Waals surface area contributed by atoms with Crippen molar-refractivity contribution >= 4 is 51.9 Å². The first-order chi connectivity index (χ1) is 19.9. The van der Waals surface area contributed by atoms with Crippen LogP contribution in [-0.4, -0.2) is 90.6 Å². The van der Waals surface area contributed by atoms with Crippen LogP contribution in [0.1, 0.15) is 17.7 Å². The lowest BCUT2D eigenvalue weighted by Gasteiger charge is -2.28. The monoisotopic (exact) mass is 573 g/mol. The first-order valence-electron chi connectivity index (χ1n) is 14.0. The fraction of sp³-hybridized carbons (Fsp3) is 0.414. The summed E-state index contributed by atoms with van der Waals surface area (Å²) in [6.07, 6.45) is 4.52. The van der Waals surface area contributed by atoms with Crippen molar-refractivity contribution in [2.24, 2.45) is 13.0 Å². The number of likely N-dealkylation sites (tertiary alicyclic amines) is 1. The minimum atomic E-state index is -0.0912. The Kier molecular flexibility index (Phi) is 7.67. The summed E-state index contributed by atoms with van der Waals surface area (Å²) < 4.78 is 1.80.